The van der Waals surface area contributed by atoms with Crippen molar-refractivity contribution in [1.29, 1.82) is 0 Å². The second-order valence-corrected chi connectivity index (χ2v) is 10.1. The molecule has 6 nitrogen and oxygen atoms in total. The molecule has 4 bridgehead atoms. The number of rotatable bonds is 6. The fourth-order valence-corrected chi connectivity index (χ4v) is 5.74. The Morgan fingerprint density at radius 1 is 1.29 bits per heavy atom. The van der Waals surface area contributed by atoms with Crippen LogP contribution in [0.3, 0.4) is 0 Å². The molecule has 4 heterocycles. The summed E-state index contributed by atoms with van der Waals surface area (Å²) in [5.41, 5.74) is 3.20. The van der Waals surface area contributed by atoms with Crippen LogP contribution in [0.4, 0.5) is 0 Å². The van der Waals surface area contributed by atoms with Crippen molar-refractivity contribution >= 4 is 10.9 Å². The summed E-state index contributed by atoms with van der Waals surface area (Å²) < 4.78 is 24.7. The van der Waals surface area contributed by atoms with E-state index in [0.29, 0.717) is 0 Å². The second-order valence-electron chi connectivity index (χ2n) is 10.1. The number of nitrogens with one attached hydrogen (secondary N) is 2. The molecule has 0 radical (unpaired) electrons. The third-order valence-electron chi connectivity index (χ3n) is 6.86. The van der Waals surface area contributed by atoms with Crippen molar-refractivity contribution < 1.29 is 18.9 Å². The molecular weight excluding hydrogens is 392 g/mol. The van der Waals surface area contributed by atoms with Crippen LogP contribution >= 0.6 is 0 Å². The van der Waals surface area contributed by atoms with E-state index in [2.05, 4.69) is 68.1 Å². The molecule has 4 fully saturated rings. The second kappa shape index (κ2) is 7.71. The fraction of sp³-hybridized carbons (Fsp3) is 0.600. The van der Waals surface area contributed by atoms with Gasteiger partial charge in [0.25, 0.3) is 0 Å². The maximum absolute atomic E-state index is 6.62. The Labute approximate surface area is 184 Å². The minimum atomic E-state index is -0.732. The van der Waals surface area contributed by atoms with Crippen LogP contribution in [0.5, 0.6) is 0 Å². The molecule has 1 aliphatic carbocycles. The average molecular weight is 427 g/mol. The molecule has 1 aromatic heterocycles. The summed E-state index contributed by atoms with van der Waals surface area (Å²) in [6.07, 6.45) is 4.06. The van der Waals surface area contributed by atoms with Gasteiger partial charge < -0.3 is 29.2 Å². The quantitative estimate of drug-likeness (QED) is 0.681. The van der Waals surface area contributed by atoms with Crippen LogP contribution in [-0.2, 0) is 25.4 Å². The first-order valence-corrected chi connectivity index (χ1v) is 11.3. The zero-order valence-corrected chi connectivity index (χ0v) is 18.9. The minimum absolute atomic E-state index is 0.0131. The van der Waals surface area contributed by atoms with Crippen molar-refractivity contribution in [3.8, 4) is 0 Å². The Morgan fingerprint density at radius 3 is 2.87 bits per heavy atom. The van der Waals surface area contributed by atoms with Gasteiger partial charge >= 0.3 is 0 Å². The first-order valence-electron chi connectivity index (χ1n) is 11.3. The third-order valence-corrected chi connectivity index (χ3v) is 6.86. The maximum atomic E-state index is 6.62. The topological polar surface area (TPSA) is 64.7 Å². The molecule has 6 atom stereocenters. The smallest absolute Gasteiger partial charge is 0.186 e. The van der Waals surface area contributed by atoms with Gasteiger partial charge in [0.05, 0.1) is 11.5 Å². The van der Waals surface area contributed by atoms with Crippen LogP contribution in [-0.4, -0.2) is 48.6 Å². The van der Waals surface area contributed by atoms with E-state index in [1.54, 1.807) is 7.11 Å². The van der Waals surface area contributed by atoms with Gasteiger partial charge in [-0.15, -0.1) is 0 Å². The van der Waals surface area contributed by atoms with Crippen LogP contribution in [0, 0.1) is 11.8 Å². The third kappa shape index (κ3) is 3.74. The normalized spacial score (nSPS) is 35.1. The SMILES string of the molecule is C=C1[C@@H]2O[C@@H](OC)[C@H]3[C@H]1C[C@H](NCCc1c[nH]c4ccccc14)C[C@@]3(OC(C)(C)C)O2. The standard InChI is InChI=1S/C25H34N2O4/c1-15-19-12-17(26-11-10-16-14-27-20-9-7-6-8-18(16)20)13-25(31-24(2,3)4)21(19)23(28-5)29-22(15)30-25/h6-9,14,17,19,21-23,26-27H,1,10-13H2,2-5H3/t17-,19-,21+,22+,23+,25-/m0/s1. The number of hydrogen-bond donors (Lipinski definition) is 2. The van der Waals surface area contributed by atoms with Gasteiger partial charge in [0.15, 0.2) is 18.4 Å². The summed E-state index contributed by atoms with van der Waals surface area (Å²) in [5.74, 6) is -0.496. The Kier molecular flexibility index (Phi) is 5.26. The molecule has 6 heteroatoms. The predicted octanol–water partition coefficient (Wildman–Crippen LogP) is 4.12. The Morgan fingerprint density at radius 2 is 2.10 bits per heavy atom. The summed E-state index contributed by atoms with van der Waals surface area (Å²) in [4.78, 5) is 3.37. The summed E-state index contributed by atoms with van der Waals surface area (Å²) in [7, 11) is 1.70. The zero-order valence-electron chi connectivity index (χ0n) is 18.9. The highest BCUT2D eigenvalue weighted by molar-refractivity contribution is 5.83. The van der Waals surface area contributed by atoms with E-state index in [1.165, 1.54) is 16.5 Å². The van der Waals surface area contributed by atoms with Gasteiger partial charge in [-0.25, -0.2) is 0 Å². The number of benzene rings is 1. The number of para-hydroxylation sites is 1. The van der Waals surface area contributed by atoms with Crippen molar-refractivity contribution in [1.82, 2.24) is 10.3 Å². The van der Waals surface area contributed by atoms with Crippen LogP contribution in [0.15, 0.2) is 42.6 Å². The van der Waals surface area contributed by atoms with E-state index in [1.807, 2.05) is 0 Å². The van der Waals surface area contributed by atoms with Crippen molar-refractivity contribution in [3.63, 3.8) is 0 Å². The van der Waals surface area contributed by atoms with E-state index in [4.69, 9.17) is 18.9 Å². The van der Waals surface area contributed by atoms with Gasteiger partial charge in [-0.1, -0.05) is 24.8 Å². The molecule has 1 saturated carbocycles. The Balaban J connectivity index is 1.33. The minimum Gasteiger partial charge on any atom is -0.361 e. The van der Waals surface area contributed by atoms with E-state index in [-0.39, 0.29) is 29.8 Å². The fourth-order valence-electron chi connectivity index (χ4n) is 5.74. The number of aromatic nitrogens is 1. The highest BCUT2D eigenvalue weighted by Gasteiger charge is 2.65. The first kappa shape index (κ1) is 21.2. The van der Waals surface area contributed by atoms with Gasteiger partial charge in [-0.3, -0.25) is 0 Å². The molecule has 1 aromatic carbocycles. The summed E-state index contributed by atoms with van der Waals surface area (Å²) >= 11 is 0. The van der Waals surface area contributed by atoms with E-state index in [0.717, 1.165) is 31.4 Å². The monoisotopic (exact) mass is 426 g/mol. The number of methoxy groups -OCH3 is 1. The van der Waals surface area contributed by atoms with Gasteiger partial charge in [-0.05, 0) is 63.3 Å². The molecule has 2 aromatic rings. The maximum Gasteiger partial charge on any atom is 0.186 e. The average Bonchev–Trinajstić information content (AvgIpc) is 3.12. The van der Waals surface area contributed by atoms with Crippen molar-refractivity contribution in [2.24, 2.45) is 11.8 Å². The molecule has 4 aliphatic rings. The number of H-pyrrole nitrogens is 1. The van der Waals surface area contributed by atoms with E-state index >= 15 is 0 Å². The molecule has 168 valence electrons. The Hall–Kier alpha value is -1.70. The van der Waals surface area contributed by atoms with Crippen LogP contribution in [0.25, 0.3) is 10.9 Å². The van der Waals surface area contributed by atoms with Gasteiger partial charge in [0.2, 0.25) is 0 Å². The first-order chi connectivity index (χ1) is 14.8. The van der Waals surface area contributed by atoms with Crippen molar-refractivity contribution in [2.45, 2.75) is 70.0 Å². The van der Waals surface area contributed by atoms with E-state index < -0.39 is 12.1 Å². The number of hydrogen-bond acceptors (Lipinski definition) is 5. The molecule has 2 N–H and O–H groups in total. The molecule has 6 rings (SSSR count). The molecular formula is C25H34N2O4. The lowest BCUT2D eigenvalue weighted by Gasteiger charge is -2.62. The zero-order chi connectivity index (χ0) is 21.8. The molecule has 0 spiro atoms. The Bertz CT molecular complexity index is 964. The van der Waals surface area contributed by atoms with Crippen molar-refractivity contribution in [3.05, 3.63) is 48.2 Å². The molecule has 31 heavy (non-hydrogen) atoms. The highest BCUT2D eigenvalue weighted by Crippen LogP contribution is 2.57. The largest absolute Gasteiger partial charge is 0.361 e. The lowest BCUT2D eigenvalue weighted by molar-refractivity contribution is -0.461. The van der Waals surface area contributed by atoms with Crippen LogP contribution in [0.2, 0.25) is 0 Å². The van der Waals surface area contributed by atoms with Crippen LogP contribution in [0.1, 0.15) is 39.2 Å². The number of ether oxygens (including phenoxy) is 4. The summed E-state index contributed by atoms with van der Waals surface area (Å²) in [6.45, 7) is 11.4. The highest BCUT2D eigenvalue weighted by atomic mass is 16.8. The molecule has 0 unspecified atom stereocenters. The molecule has 3 saturated heterocycles. The van der Waals surface area contributed by atoms with Gasteiger partial charge in [0, 0.05) is 36.7 Å². The molecule has 0 amide bonds. The van der Waals surface area contributed by atoms with Gasteiger partial charge in [-0.2, -0.15) is 0 Å². The lowest BCUT2D eigenvalue weighted by atomic mass is 9.65. The summed E-state index contributed by atoms with van der Waals surface area (Å²) in [6, 6.07) is 8.73. The summed E-state index contributed by atoms with van der Waals surface area (Å²) in [5, 5.41) is 5.08. The predicted molar refractivity (Wildman–Crippen MR) is 119 cm³/mol. The molecule has 3 aliphatic heterocycles. The van der Waals surface area contributed by atoms with Crippen molar-refractivity contribution in [2.75, 3.05) is 13.7 Å². The number of fused-ring (bicyclic) bond motifs is 2. The number of aromatic amines is 1. The lowest BCUT2D eigenvalue weighted by Crippen LogP contribution is -2.70. The van der Waals surface area contributed by atoms with E-state index in [9.17, 15) is 0 Å². The van der Waals surface area contributed by atoms with Crippen LogP contribution < -0.4 is 5.32 Å². The van der Waals surface area contributed by atoms with Gasteiger partial charge in [0.1, 0.15) is 0 Å².